The van der Waals surface area contributed by atoms with E-state index in [9.17, 15) is 9.59 Å². The van der Waals surface area contributed by atoms with E-state index in [1.54, 1.807) is 7.11 Å². The maximum atomic E-state index is 13.0. The lowest BCUT2D eigenvalue weighted by molar-refractivity contribution is -0.118. The number of para-hydroxylation sites is 1. The summed E-state index contributed by atoms with van der Waals surface area (Å²) in [7, 11) is 1.66. The zero-order chi connectivity index (χ0) is 23.8. The summed E-state index contributed by atoms with van der Waals surface area (Å²) in [5.41, 5.74) is 2.52. The van der Waals surface area contributed by atoms with Crippen LogP contribution >= 0.6 is 0 Å². The summed E-state index contributed by atoms with van der Waals surface area (Å²) in [6.45, 7) is 2.31. The standard InChI is InChI=1S/C27H30N4O3/c1-34-24-14-8-13-23(17-24)31-16-15-20(19-31)18-28-27(33)30-25(21-9-4-2-5-10-21)26(32)29-22-11-6-3-7-12-22/h2-14,17,20,25H,15-16,18-19H2,1H3,(H,29,32)(H2,28,30,33). The first-order valence-corrected chi connectivity index (χ1v) is 11.5. The first-order valence-electron chi connectivity index (χ1n) is 11.5. The number of hydrogen-bond acceptors (Lipinski definition) is 4. The Morgan fingerprint density at radius 2 is 1.74 bits per heavy atom. The Balaban J connectivity index is 1.33. The second-order valence-electron chi connectivity index (χ2n) is 8.36. The molecule has 1 heterocycles. The number of urea groups is 1. The van der Waals surface area contributed by atoms with Crippen molar-refractivity contribution in [1.29, 1.82) is 0 Å². The van der Waals surface area contributed by atoms with Gasteiger partial charge in [-0.2, -0.15) is 0 Å². The number of carbonyl (C=O) groups is 2. The molecule has 34 heavy (non-hydrogen) atoms. The Labute approximate surface area is 200 Å². The molecule has 0 bridgehead atoms. The van der Waals surface area contributed by atoms with Crippen molar-refractivity contribution in [2.45, 2.75) is 12.5 Å². The van der Waals surface area contributed by atoms with Crippen molar-refractivity contribution in [3.05, 3.63) is 90.5 Å². The molecule has 0 aliphatic carbocycles. The van der Waals surface area contributed by atoms with Gasteiger partial charge in [0.1, 0.15) is 11.8 Å². The first-order chi connectivity index (χ1) is 16.6. The monoisotopic (exact) mass is 458 g/mol. The van der Waals surface area contributed by atoms with E-state index in [0.29, 0.717) is 18.2 Å². The highest BCUT2D eigenvalue weighted by molar-refractivity contribution is 5.97. The molecule has 4 rings (SSSR count). The van der Waals surface area contributed by atoms with E-state index in [4.69, 9.17) is 4.74 Å². The number of nitrogens with one attached hydrogen (secondary N) is 3. The average molecular weight is 459 g/mol. The van der Waals surface area contributed by atoms with Crippen LogP contribution in [0, 0.1) is 5.92 Å². The fourth-order valence-electron chi connectivity index (χ4n) is 4.14. The fraction of sp³-hybridized carbons (Fsp3) is 0.259. The molecule has 1 fully saturated rings. The van der Waals surface area contributed by atoms with Crippen LogP contribution in [0.4, 0.5) is 16.2 Å². The molecule has 1 saturated heterocycles. The van der Waals surface area contributed by atoms with Gasteiger partial charge in [0.2, 0.25) is 0 Å². The fourth-order valence-corrected chi connectivity index (χ4v) is 4.14. The molecule has 1 aliphatic rings. The van der Waals surface area contributed by atoms with Gasteiger partial charge in [-0.3, -0.25) is 4.79 Å². The third kappa shape index (κ3) is 6.07. The van der Waals surface area contributed by atoms with Crippen molar-refractivity contribution in [2.24, 2.45) is 5.92 Å². The molecule has 3 aromatic rings. The minimum Gasteiger partial charge on any atom is -0.497 e. The molecule has 2 atom stereocenters. The van der Waals surface area contributed by atoms with Crippen LogP contribution in [-0.4, -0.2) is 38.7 Å². The third-order valence-electron chi connectivity index (χ3n) is 5.97. The highest BCUT2D eigenvalue weighted by Gasteiger charge is 2.26. The number of anilines is 2. The van der Waals surface area contributed by atoms with E-state index in [2.05, 4.69) is 26.9 Å². The van der Waals surface area contributed by atoms with Gasteiger partial charge in [0.05, 0.1) is 7.11 Å². The van der Waals surface area contributed by atoms with E-state index in [1.165, 1.54) is 0 Å². The normalized spacial score (nSPS) is 15.9. The van der Waals surface area contributed by atoms with Gasteiger partial charge < -0.3 is 25.6 Å². The number of rotatable bonds is 8. The molecule has 0 radical (unpaired) electrons. The van der Waals surface area contributed by atoms with Crippen molar-refractivity contribution in [3.8, 4) is 5.75 Å². The van der Waals surface area contributed by atoms with Crippen LogP contribution in [0.25, 0.3) is 0 Å². The molecular weight excluding hydrogens is 428 g/mol. The van der Waals surface area contributed by atoms with Gasteiger partial charge >= 0.3 is 6.03 Å². The lowest BCUT2D eigenvalue weighted by Crippen LogP contribution is -2.44. The number of ether oxygens (including phenoxy) is 1. The summed E-state index contributed by atoms with van der Waals surface area (Å²) in [4.78, 5) is 28.0. The van der Waals surface area contributed by atoms with E-state index < -0.39 is 6.04 Å². The summed E-state index contributed by atoms with van der Waals surface area (Å²) in [6.07, 6.45) is 0.980. The Kier molecular flexibility index (Phi) is 7.65. The Hall–Kier alpha value is -4.00. The second kappa shape index (κ2) is 11.2. The summed E-state index contributed by atoms with van der Waals surface area (Å²) in [5.74, 6) is 0.863. The molecule has 0 spiro atoms. The minimum atomic E-state index is -0.807. The largest absolute Gasteiger partial charge is 0.497 e. The second-order valence-corrected chi connectivity index (χ2v) is 8.36. The predicted molar refractivity (Wildman–Crippen MR) is 134 cm³/mol. The lowest BCUT2D eigenvalue weighted by atomic mass is 10.1. The van der Waals surface area contributed by atoms with Gasteiger partial charge in [-0.05, 0) is 42.2 Å². The molecular formula is C27H30N4O3. The molecule has 1 aliphatic heterocycles. The molecule has 176 valence electrons. The zero-order valence-corrected chi connectivity index (χ0v) is 19.2. The van der Waals surface area contributed by atoms with E-state index >= 15 is 0 Å². The van der Waals surface area contributed by atoms with Crippen molar-refractivity contribution < 1.29 is 14.3 Å². The number of hydrogen-bond donors (Lipinski definition) is 3. The van der Waals surface area contributed by atoms with Crippen molar-refractivity contribution in [1.82, 2.24) is 10.6 Å². The summed E-state index contributed by atoms with van der Waals surface area (Å²) in [5, 5.41) is 8.68. The molecule has 2 unspecified atom stereocenters. The quantitative estimate of drug-likeness (QED) is 0.473. The van der Waals surface area contributed by atoms with Crippen LogP contribution in [0.1, 0.15) is 18.0 Å². The maximum absolute atomic E-state index is 13.0. The van der Waals surface area contributed by atoms with Crippen molar-refractivity contribution in [3.63, 3.8) is 0 Å². The predicted octanol–water partition coefficient (Wildman–Crippen LogP) is 4.20. The molecule has 7 heteroatoms. The SMILES string of the molecule is COc1cccc(N2CCC(CNC(=O)NC(C(=O)Nc3ccccc3)c3ccccc3)C2)c1. The molecule has 7 nitrogen and oxygen atoms in total. The van der Waals surface area contributed by atoms with Crippen LogP contribution in [0.15, 0.2) is 84.9 Å². The van der Waals surface area contributed by atoms with Crippen LogP contribution in [0.5, 0.6) is 5.75 Å². The highest BCUT2D eigenvalue weighted by atomic mass is 16.5. The van der Waals surface area contributed by atoms with Crippen LogP contribution in [0.2, 0.25) is 0 Å². The van der Waals surface area contributed by atoms with Crippen molar-refractivity contribution >= 4 is 23.3 Å². The minimum absolute atomic E-state index is 0.294. The number of nitrogens with zero attached hydrogens (tertiary/aromatic N) is 1. The van der Waals surface area contributed by atoms with Gasteiger partial charge in [-0.25, -0.2) is 4.79 Å². The topological polar surface area (TPSA) is 82.7 Å². The van der Waals surface area contributed by atoms with Gasteiger partial charge in [0.15, 0.2) is 0 Å². The van der Waals surface area contributed by atoms with E-state index in [1.807, 2.05) is 78.9 Å². The Morgan fingerprint density at radius 3 is 2.47 bits per heavy atom. The smallest absolute Gasteiger partial charge is 0.315 e. The summed E-state index contributed by atoms with van der Waals surface area (Å²) in [6, 6.07) is 25.3. The average Bonchev–Trinajstić information content (AvgIpc) is 3.36. The van der Waals surface area contributed by atoms with Gasteiger partial charge in [-0.15, -0.1) is 0 Å². The van der Waals surface area contributed by atoms with Crippen molar-refractivity contribution in [2.75, 3.05) is 37.0 Å². The number of amides is 3. The van der Waals surface area contributed by atoms with E-state index in [0.717, 1.165) is 36.5 Å². The molecule has 3 amide bonds. The van der Waals surface area contributed by atoms with Gasteiger partial charge in [0, 0.05) is 37.1 Å². The maximum Gasteiger partial charge on any atom is 0.315 e. The highest BCUT2D eigenvalue weighted by Crippen LogP contribution is 2.26. The molecule has 3 aromatic carbocycles. The number of methoxy groups -OCH3 is 1. The van der Waals surface area contributed by atoms with Crippen LogP contribution < -0.4 is 25.6 Å². The number of carbonyl (C=O) groups excluding carboxylic acids is 2. The molecule has 0 aromatic heterocycles. The van der Waals surface area contributed by atoms with E-state index in [-0.39, 0.29) is 11.9 Å². The first kappa shape index (κ1) is 23.2. The Bertz CT molecular complexity index is 1090. The summed E-state index contributed by atoms with van der Waals surface area (Å²) >= 11 is 0. The van der Waals surface area contributed by atoms with Crippen LogP contribution in [-0.2, 0) is 4.79 Å². The lowest BCUT2D eigenvalue weighted by Gasteiger charge is -2.21. The van der Waals surface area contributed by atoms with Gasteiger partial charge in [0.25, 0.3) is 5.91 Å². The molecule has 3 N–H and O–H groups in total. The zero-order valence-electron chi connectivity index (χ0n) is 19.2. The van der Waals surface area contributed by atoms with Gasteiger partial charge in [-0.1, -0.05) is 54.6 Å². The Morgan fingerprint density at radius 1 is 1.00 bits per heavy atom. The summed E-state index contributed by atoms with van der Waals surface area (Å²) < 4.78 is 5.33. The van der Waals surface area contributed by atoms with Crippen LogP contribution in [0.3, 0.4) is 0 Å². The molecule has 0 saturated carbocycles. The number of benzene rings is 3. The third-order valence-corrected chi connectivity index (χ3v) is 5.97.